The molecule has 4 N–H and O–H groups in total. The number of hydrogen-bond donors (Lipinski definition) is 3. The minimum Gasteiger partial charge on any atom is -0.505 e. The Kier molecular flexibility index (Phi) is 4.41. The normalized spacial score (nSPS) is 12.2. The Morgan fingerprint density at radius 3 is 2.44 bits per heavy atom. The van der Waals surface area contributed by atoms with Gasteiger partial charge < -0.3 is 16.2 Å². The number of amides is 1. The van der Waals surface area contributed by atoms with Gasteiger partial charge >= 0.3 is 0 Å². The molecule has 0 bridgehead atoms. The number of hydrogen-bond acceptors (Lipinski definition) is 3. The van der Waals surface area contributed by atoms with Crippen molar-refractivity contribution in [3.05, 3.63) is 22.2 Å². The summed E-state index contributed by atoms with van der Waals surface area (Å²) in [6.07, 6.45) is 0.533. The summed E-state index contributed by atoms with van der Waals surface area (Å²) in [6.45, 7) is 1.81. The van der Waals surface area contributed by atoms with Crippen LogP contribution in [0.25, 0.3) is 0 Å². The summed E-state index contributed by atoms with van der Waals surface area (Å²) in [4.78, 5) is 11.5. The van der Waals surface area contributed by atoms with E-state index in [1.54, 1.807) is 6.92 Å². The number of benzene rings is 1. The summed E-state index contributed by atoms with van der Waals surface area (Å²) in [5.74, 6) is -0.526. The van der Waals surface area contributed by atoms with Gasteiger partial charge in [0.25, 0.3) is 0 Å². The fourth-order valence-electron chi connectivity index (χ4n) is 1.06. The van der Waals surface area contributed by atoms with Gasteiger partial charge in [-0.2, -0.15) is 0 Å². The third-order valence-electron chi connectivity index (χ3n) is 2.06. The zero-order valence-electron chi connectivity index (χ0n) is 8.63. The van der Waals surface area contributed by atoms with E-state index in [0.717, 1.165) is 0 Å². The van der Waals surface area contributed by atoms with Crippen LogP contribution in [0.4, 0.5) is 5.69 Å². The van der Waals surface area contributed by atoms with Gasteiger partial charge in [0, 0.05) is 5.69 Å². The van der Waals surface area contributed by atoms with Crippen molar-refractivity contribution in [2.24, 2.45) is 5.73 Å². The fourth-order valence-corrected chi connectivity index (χ4v) is 1.55. The highest BCUT2D eigenvalue weighted by atomic mass is 35.5. The van der Waals surface area contributed by atoms with Gasteiger partial charge in [-0.15, -0.1) is 0 Å². The Morgan fingerprint density at radius 1 is 1.50 bits per heavy atom. The van der Waals surface area contributed by atoms with E-state index < -0.39 is 6.04 Å². The molecule has 1 aromatic carbocycles. The number of carbonyl (C=O) groups excluding carboxylic acids is 1. The molecule has 0 radical (unpaired) electrons. The number of nitrogens with one attached hydrogen (secondary N) is 1. The van der Waals surface area contributed by atoms with Crippen molar-refractivity contribution in [2.45, 2.75) is 19.4 Å². The molecule has 1 aromatic rings. The van der Waals surface area contributed by atoms with Gasteiger partial charge in [-0.1, -0.05) is 30.1 Å². The second kappa shape index (κ2) is 5.39. The molecule has 0 heterocycles. The predicted molar refractivity (Wildman–Crippen MR) is 65.0 cm³/mol. The number of anilines is 1. The van der Waals surface area contributed by atoms with Crippen molar-refractivity contribution in [1.29, 1.82) is 0 Å². The lowest BCUT2D eigenvalue weighted by atomic mass is 10.2. The second-order valence-corrected chi connectivity index (χ2v) is 4.11. The van der Waals surface area contributed by atoms with Crippen LogP contribution in [-0.2, 0) is 4.79 Å². The minimum atomic E-state index is -0.577. The van der Waals surface area contributed by atoms with Crippen LogP contribution in [0.1, 0.15) is 13.3 Å². The highest BCUT2D eigenvalue weighted by Gasteiger charge is 2.13. The fraction of sp³-hybridized carbons (Fsp3) is 0.300. The molecule has 1 atom stereocenters. The van der Waals surface area contributed by atoms with Crippen molar-refractivity contribution < 1.29 is 9.90 Å². The topological polar surface area (TPSA) is 75.4 Å². The molecular formula is C10H12Cl2N2O2. The van der Waals surface area contributed by atoms with E-state index in [9.17, 15) is 9.90 Å². The third kappa shape index (κ3) is 3.01. The van der Waals surface area contributed by atoms with Crippen molar-refractivity contribution in [3.63, 3.8) is 0 Å². The number of rotatable bonds is 3. The Hall–Kier alpha value is -0.970. The first kappa shape index (κ1) is 13.1. The summed E-state index contributed by atoms with van der Waals surface area (Å²) >= 11 is 11.4. The first-order valence-corrected chi connectivity index (χ1v) is 5.45. The van der Waals surface area contributed by atoms with Gasteiger partial charge in [-0.05, 0) is 18.6 Å². The first-order valence-electron chi connectivity index (χ1n) is 4.70. The molecule has 0 aliphatic heterocycles. The number of phenolic OH excluding ortho intramolecular Hbond substituents is 1. The molecular weight excluding hydrogens is 251 g/mol. The van der Waals surface area contributed by atoms with Crippen molar-refractivity contribution in [1.82, 2.24) is 0 Å². The van der Waals surface area contributed by atoms with Crippen LogP contribution in [0, 0.1) is 0 Å². The van der Waals surface area contributed by atoms with Gasteiger partial charge in [-0.3, -0.25) is 4.79 Å². The van der Waals surface area contributed by atoms with Gasteiger partial charge in [0.2, 0.25) is 5.91 Å². The van der Waals surface area contributed by atoms with E-state index >= 15 is 0 Å². The molecule has 4 nitrogen and oxygen atoms in total. The number of nitrogens with two attached hydrogens (primary N) is 1. The van der Waals surface area contributed by atoms with Gasteiger partial charge in [0.15, 0.2) is 5.75 Å². The van der Waals surface area contributed by atoms with E-state index in [4.69, 9.17) is 28.9 Å². The lowest BCUT2D eigenvalue weighted by Crippen LogP contribution is -2.34. The predicted octanol–water partition coefficient (Wildman–Crippen LogP) is 2.37. The van der Waals surface area contributed by atoms with Crippen molar-refractivity contribution in [2.75, 3.05) is 5.32 Å². The van der Waals surface area contributed by atoms with Crippen LogP contribution in [0.15, 0.2) is 12.1 Å². The van der Waals surface area contributed by atoms with E-state index in [2.05, 4.69) is 5.32 Å². The monoisotopic (exact) mass is 262 g/mol. The molecule has 1 amide bonds. The number of carbonyl (C=O) groups is 1. The standard InChI is InChI=1S/C10H12Cl2N2O2/c1-2-8(13)10(16)14-5-3-6(11)9(15)7(12)4-5/h3-4,8,15H,2,13H2,1H3,(H,14,16)/t8-/m1/s1. The largest absolute Gasteiger partial charge is 0.505 e. The van der Waals surface area contributed by atoms with Crippen molar-refractivity contribution in [3.8, 4) is 5.75 Å². The maximum atomic E-state index is 11.5. The van der Waals surface area contributed by atoms with E-state index in [-0.39, 0.29) is 21.7 Å². The van der Waals surface area contributed by atoms with Crippen LogP contribution in [0.2, 0.25) is 10.0 Å². The van der Waals surface area contributed by atoms with E-state index in [1.165, 1.54) is 12.1 Å². The molecule has 0 aliphatic rings. The van der Waals surface area contributed by atoms with Crippen LogP contribution < -0.4 is 11.1 Å². The number of phenols is 1. The van der Waals surface area contributed by atoms with Crippen LogP contribution in [0.3, 0.4) is 0 Å². The molecule has 0 fully saturated rings. The Balaban J connectivity index is 2.87. The molecule has 0 saturated heterocycles. The second-order valence-electron chi connectivity index (χ2n) is 3.29. The molecule has 0 spiro atoms. The zero-order chi connectivity index (χ0) is 12.3. The Morgan fingerprint density at radius 2 is 2.00 bits per heavy atom. The minimum absolute atomic E-state index is 0.0767. The van der Waals surface area contributed by atoms with Crippen LogP contribution >= 0.6 is 23.2 Å². The van der Waals surface area contributed by atoms with Gasteiger partial charge in [0.1, 0.15) is 0 Å². The summed E-state index contributed by atoms with van der Waals surface area (Å²) < 4.78 is 0. The van der Waals surface area contributed by atoms with E-state index in [1.807, 2.05) is 0 Å². The van der Waals surface area contributed by atoms with Gasteiger partial charge in [0.05, 0.1) is 16.1 Å². The molecule has 0 unspecified atom stereocenters. The highest BCUT2D eigenvalue weighted by Crippen LogP contribution is 2.34. The highest BCUT2D eigenvalue weighted by molar-refractivity contribution is 6.37. The summed E-state index contributed by atoms with van der Waals surface area (Å²) in [7, 11) is 0. The lowest BCUT2D eigenvalue weighted by molar-refractivity contribution is -0.117. The molecule has 0 aromatic heterocycles. The van der Waals surface area contributed by atoms with Crippen LogP contribution in [-0.4, -0.2) is 17.1 Å². The maximum absolute atomic E-state index is 11.5. The average molecular weight is 263 g/mol. The quantitative estimate of drug-likeness (QED) is 0.733. The number of aromatic hydroxyl groups is 1. The van der Waals surface area contributed by atoms with Crippen LogP contribution in [0.5, 0.6) is 5.75 Å². The van der Waals surface area contributed by atoms with E-state index in [0.29, 0.717) is 12.1 Å². The van der Waals surface area contributed by atoms with Crippen molar-refractivity contribution >= 4 is 34.8 Å². The zero-order valence-corrected chi connectivity index (χ0v) is 10.1. The Labute approximate surface area is 103 Å². The summed E-state index contributed by atoms with van der Waals surface area (Å²) in [5.41, 5.74) is 5.95. The summed E-state index contributed by atoms with van der Waals surface area (Å²) in [6, 6.07) is 2.23. The molecule has 0 saturated carbocycles. The molecule has 88 valence electrons. The third-order valence-corrected chi connectivity index (χ3v) is 2.64. The molecule has 16 heavy (non-hydrogen) atoms. The average Bonchev–Trinajstić information content (AvgIpc) is 2.24. The SMILES string of the molecule is CC[C@@H](N)C(=O)Nc1cc(Cl)c(O)c(Cl)c1. The molecule has 0 aliphatic carbocycles. The number of halogens is 2. The maximum Gasteiger partial charge on any atom is 0.241 e. The molecule has 1 rings (SSSR count). The first-order chi connectivity index (χ1) is 7.45. The Bertz CT molecular complexity index is 387. The lowest BCUT2D eigenvalue weighted by Gasteiger charge is -2.11. The smallest absolute Gasteiger partial charge is 0.241 e. The van der Waals surface area contributed by atoms with Gasteiger partial charge in [-0.25, -0.2) is 0 Å². The molecule has 6 heteroatoms. The summed E-state index contributed by atoms with van der Waals surface area (Å²) in [5, 5.41) is 12.0.